The molecule has 1 atom stereocenters. The summed E-state index contributed by atoms with van der Waals surface area (Å²) in [5, 5.41) is 14.4. The van der Waals surface area contributed by atoms with Crippen LogP contribution in [0.4, 0.5) is 9.52 Å². The molecular weight excluding hydrogens is 409 g/mol. The Morgan fingerprint density at radius 1 is 1.43 bits per heavy atom. The fourth-order valence-corrected chi connectivity index (χ4v) is 4.44. The third-order valence-electron chi connectivity index (χ3n) is 3.91. The van der Waals surface area contributed by atoms with Crippen LogP contribution in [0.1, 0.15) is 25.3 Å². The fraction of sp³-hybridized carbons (Fsp3) is 0.353. The van der Waals surface area contributed by atoms with Gasteiger partial charge in [0.15, 0.2) is 25.8 Å². The van der Waals surface area contributed by atoms with Crippen LogP contribution in [0.3, 0.4) is 0 Å². The van der Waals surface area contributed by atoms with E-state index in [4.69, 9.17) is 9.94 Å². The number of carbonyl (C=O) groups is 1. The van der Waals surface area contributed by atoms with Crippen molar-refractivity contribution >= 4 is 37.9 Å². The van der Waals surface area contributed by atoms with Crippen molar-refractivity contribution in [2.24, 2.45) is 5.16 Å². The number of benzene rings is 1. The van der Waals surface area contributed by atoms with Gasteiger partial charge in [0.2, 0.25) is 0 Å². The van der Waals surface area contributed by atoms with Crippen LogP contribution in [0.15, 0.2) is 40.5 Å². The van der Waals surface area contributed by atoms with Crippen molar-refractivity contribution in [2.45, 2.75) is 36.0 Å². The highest BCUT2D eigenvalue weighted by Gasteiger charge is 2.36. The van der Waals surface area contributed by atoms with Gasteiger partial charge in [0.05, 0.1) is 22.9 Å². The zero-order valence-corrected chi connectivity index (χ0v) is 16.5. The molecule has 0 saturated heterocycles. The Kier molecular flexibility index (Phi) is 6.06. The molecule has 2 aromatic rings. The summed E-state index contributed by atoms with van der Waals surface area (Å²) in [7, 11) is -3.36. The van der Waals surface area contributed by atoms with Gasteiger partial charge in [-0.3, -0.25) is 10.1 Å². The molecule has 2 N–H and O–H groups in total. The lowest BCUT2D eigenvalue weighted by Crippen LogP contribution is -2.25. The normalized spacial score (nSPS) is 15.9. The Labute approximate surface area is 165 Å². The van der Waals surface area contributed by atoms with Gasteiger partial charge in [0.1, 0.15) is 6.10 Å². The maximum Gasteiger partial charge on any atom is 0.280 e. The maximum absolute atomic E-state index is 13.1. The summed E-state index contributed by atoms with van der Waals surface area (Å²) in [4.78, 5) is 21.5. The van der Waals surface area contributed by atoms with Gasteiger partial charge in [0.25, 0.3) is 5.91 Å². The molecule has 0 radical (unpaired) electrons. The molecule has 3 rings (SSSR count). The van der Waals surface area contributed by atoms with Gasteiger partial charge < -0.3 is 9.94 Å². The second-order valence-corrected chi connectivity index (χ2v) is 9.44. The molecule has 0 bridgehead atoms. The predicted octanol–water partition coefficient (Wildman–Crippen LogP) is 1.96. The average Bonchev–Trinajstić information content (AvgIpc) is 3.46. The van der Waals surface area contributed by atoms with Gasteiger partial charge in [-0.15, -0.1) is 0 Å². The van der Waals surface area contributed by atoms with Gasteiger partial charge in [0, 0.05) is 5.56 Å². The first-order valence-electron chi connectivity index (χ1n) is 8.43. The zero-order chi connectivity index (χ0) is 20.3. The highest BCUT2D eigenvalue weighted by Crippen LogP contribution is 2.33. The van der Waals surface area contributed by atoms with Crippen molar-refractivity contribution in [3.05, 3.63) is 41.2 Å². The Balaban J connectivity index is 1.86. The van der Waals surface area contributed by atoms with Crippen LogP contribution < -0.4 is 5.32 Å². The number of nitrogens with zero attached hydrogens (tertiary/aromatic N) is 2. The number of aliphatic hydroxyl groups excluding tert-OH is 1. The highest BCUT2D eigenvalue weighted by molar-refractivity contribution is 7.92. The minimum Gasteiger partial charge on any atom is -0.392 e. The van der Waals surface area contributed by atoms with E-state index in [1.54, 1.807) is 6.92 Å². The molecule has 1 saturated carbocycles. The maximum atomic E-state index is 13.1. The summed E-state index contributed by atoms with van der Waals surface area (Å²) in [5.74, 6) is -0.711. The SMILES string of the molecule is C[C@@H](CO)ON=C(C(=O)Nc1ncc(F)s1)c1ccc(S(=O)(=O)C2CC2)cc1. The average molecular weight is 427 g/mol. The van der Waals surface area contributed by atoms with Crippen molar-refractivity contribution in [1.29, 1.82) is 0 Å². The van der Waals surface area contributed by atoms with Crippen molar-refractivity contribution in [2.75, 3.05) is 11.9 Å². The smallest absolute Gasteiger partial charge is 0.280 e. The fourth-order valence-electron chi connectivity index (χ4n) is 2.24. The van der Waals surface area contributed by atoms with Crippen LogP contribution in [0.25, 0.3) is 0 Å². The Morgan fingerprint density at radius 2 is 2.11 bits per heavy atom. The van der Waals surface area contributed by atoms with Crippen LogP contribution in [-0.4, -0.2) is 48.1 Å². The molecule has 28 heavy (non-hydrogen) atoms. The van der Waals surface area contributed by atoms with Crippen molar-refractivity contribution in [3.8, 4) is 0 Å². The molecule has 1 fully saturated rings. The standard InChI is InChI=1S/C17H18FN3O5S2/c1-10(9-22)26-21-15(16(23)20-17-19-8-14(18)27-17)11-2-4-12(5-3-11)28(24,25)13-6-7-13/h2-5,8,10,13,22H,6-7,9H2,1H3,(H,19,20,23)/t10-/m0/s1. The van der Waals surface area contributed by atoms with Crippen molar-refractivity contribution in [3.63, 3.8) is 0 Å². The number of amides is 1. The lowest BCUT2D eigenvalue weighted by Gasteiger charge is -2.10. The number of nitrogens with one attached hydrogen (secondary N) is 1. The minimum atomic E-state index is -3.36. The minimum absolute atomic E-state index is 0.0401. The van der Waals surface area contributed by atoms with Gasteiger partial charge in [-0.1, -0.05) is 28.6 Å². The van der Waals surface area contributed by atoms with Crippen LogP contribution in [-0.2, 0) is 19.5 Å². The molecule has 1 aromatic carbocycles. The first-order chi connectivity index (χ1) is 13.3. The number of halogens is 1. The molecule has 1 heterocycles. The van der Waals surface area contributed by atoms with Crippen LogP contribution in [0.2, 0.25) is 0 Å². The van der Waals surface area contributed by atoms with E-state index in [9.17, 15) is 17.6 Å². The number of carbonyl (C=O) groups excluding carboxylic acids is 1. The number of rotatable bonds is 8. The Hall–Kier alpha value is -2.37. The number of oxime groups is 1. The van der Waals surface area contributed by atoms with Crippen LogP contribution in [0.5, 0.6) is 0 Å². The van der Waals surface area contributed by atoms with Gasteiger partial charge in [-0.2, -0.15) is 4.39 Å². The molecule has 1 amide bonds. The van der Waals surface area contributed by atoms with Crippen molar-refractivity contribution in [1.82, 2.24) is 4.98 Å². The predicted molar refractivity (Wildman–Crippen MR) is 102 cm³/mol. The topological polar surface area (TPSA) is 118 Å². The van der Waals surface area contributed by atoms with Crippen LogP contribution in [0, 0.1) is 5.13 Å². The second kappa shape index (κ2) is 8.33. The number of aliphatic hydroxyl groups is 1. The number of thiazole rings is 1. The Bertz CT molecular complexity index is 984. The summed E-state index contributed by atoms with van der Waals surface area (Å²) >= 11 is 0.649. The van der Waals surface area contributed by atoms with E-state index in [2.05, 4.69) is 15.5 Å². The van der Waals surface area contributed by atoms with Gasteiger partial charge >= 0.3 is 0 Å². The Morgan fingerprint density at radius 3 is 2.64 bits per heavy atom. The number of hydrogen-bond acceptors (Lipinski definition) is 8. The van der Waals surface area contributed by atoms with E-state index in [-0.39, 0.29) is 27.6 Å². The van der Waals surface area contributed by atoms with Crippen molar-refractivity contribution < 1.29 is 27.5 Å². The van der Waals surface area contributed by atoms with Gasteiger partial charge in [-0.05, 0) is 31.9 Å². The lowest BCUT2D eigenvalue weighted by atomic mass is 10.1. The summed E-state index contributed by atoms with van der Waals surface area (Å²) in [6.07, 6.45) is 1.61. The molecular formula is C17H18FN3O5S2. The molecule has 0 spiro atoms. The zero-order valence-electron chi connectivity index (χ0n) is 14.8. The van der Waals surface area contributed by atoms with Gasteiger partial charge in [-0.25, -0.2) is 13.4 Å². The number of hydrogen-bond donors (Lipinski definition) is 2. The molecule has 1 aromatic heterocycles. The molecule has 0 unspecified atom stereocenters. The molecule has 8 nitrogen and oxygen atoms in total. The first kappa shape index (κ1) is 20.4. The van der Waals surface area contributed by atoms with E-state index in [0.29, 0.717) is 29.7 Å². The van der Waals surface area contributed by atoms with E-state index in [1.807, 2.05) is 0 Å². The molecule has 1 aliphatic rings. The molecule has 1 aliphatic carbocycles. The summed E-state index contributed by atoms with van der Waals surface area (Å²) in [5.41, 5.74) is 0.140. The third kappa shape index (κ3) is 4.72. The molecule has 0 aliphatic heterocycles. The largest absolute Gasteiger partial charge is 0.392 e. The number of sulfone groups is 1. The second-order valence-electron chi connectivity index (χ2n) is 6.23. The quantitative estimate of drug-likeness (QED) is 0.491. The number of anilines is 1. The summed E-state index contributed by atoms with van der Waals surface area (Å²) in [6, 6.07) is 5.71. The van der Waals surface area contributed by atoms with E-state index in [0.717, 1.165) is 6.20 Å². The van der Waals surface area contributed by atoms with E-state index >= 15 is 0 Å². The monoisotopic (exact) mass is 427 g/mol. The van der Waals surface area contributed by atoms with E-state index < -0.39 is 27.0 Å². The lowest BCUT2D eigenvalue weighted by molar-refractivity contribution is -0.110. The summed E-state index contributed by atoms with van der Waals surface area (Å²) in [6.45, 7) is 1.25. The highest BCUT2D eigenvalue weighted by atomic mass is 32.2. The molecule has 150 valence electrons. The first-order valence-corrected chi connectivity index (χ1v) is 10.8. The summed E-state index contributed by atoms with van der Waals surface area (Å²) < 4.78 is 37.7. The molecule has 11 heteroatoms. The third-order valence-corrected chi connectivity index (χ3v) is 6.89. The van der Waals surface area contributed by atoms with E-state index in [1.165, 1.54) is 24.3 Å². The number of aromatic nitrogens is 1. The van der Waals surface area contributed by atoms with Crippen LogP contribution >= 0.6 is 11.3 Å².